The van der Waals surface area contributed by atoms with Gasteiger partial charge in [-0.2, -0.15) is 0 Å². The van der Waals surface area contributed by atoms with Crippen LogP contribution in [0.1, 0.15) is 58.8 Å². The molecule has 2 aliphatic rings. The summed E-state index contributed by atoms with van der Waals surface area (Å²) in [5, 5.41) is 3.03. The van der Waals surface area contributed by atoms with Crippen LogP contribution < -0.4 is 10.0 Å². The number of methoxy groups -OCH3 is 1. The number of carbonyl (C=O) groups is 3. The standard InChI is InChI=1S/C24H42N3O6PS/c1-16-21(33-4)15-27(34)22(16)20(29)14-24(23(30)26-35(5,31)32)13-18(24)11-9-7-6-8-10-12-19(25-3)17(2)28/h9,11,16,18-19,21-22,25H,6-8,10,12-15,34H2,1-5H3,(H,26,30)/b11-9-/t16?,18-,19+,21+,22+,24-/m1/s1. The lowest BCUT2D eigenvalue weighted by Crippen LogP contribution is -2.41. The van der Waals surface area contributed by atoms with Crippen molar-refractivity contribution in [1.82, 2.24) is 14.7 Å². The lowest BCUT2D eigenvalue weighted by atomic mass is 9.88. The molecule has 0 aromatic rings. The highest BCUT2D eigenvalue weighted by molar-refractivity contribution is 7.89. The molecule has 2 unspecified atom stereocenters. The predicted octanol–water partition coefficient (Wildman–Crippen LogP) is 1.84. The molecule has 11 heteroatoms. The summed E-state index contributed by atoms with van der Waals surface area (Å²) in [6.07, 6.45) is 9.83. The van der Waals surface area contributed by atoms with E-state index >= 15 is 0 Å². The number of amides is 1. The summed E-state index contributed by atoms with van der Waals surface area (Å²) in [4.78, 5) is 37.7. The molecule has 0 spiro atoms. The number of rotatable bonds is 15. The van der Waals surface area contributed by atoms with Crippen LogP contribution in [0.15, 0.2) is 12.2 Å². The van der Waals surface area contributed by atoms with Crippen molar-refractivity contribution in [3.05, 3.63) is 12.2 Å². The Morgan fingerprint density at radius 2 is 1.94 bits per heavy atom. The van der Waals surface area contributed by atoms with E-state index in [-0.39, 0.29) is 42.0 Å². The van der Waals surface area contributed by atoms with Gasteiger partial charge in [-0.25, -0.2) is 8.42 Å². The topological polar surface area (TPSA) is 122 Å². The van der Waals surface area contributed by atoms with Crippen LogP contribution in [0.25, 0.3) is 0 Å². The molecule has 200 valence electrons. The molecule has 0 aromatic carbocycles. The lowest BCUT2D eigenvalue weighted by molar-refractivity contribution is -0.131. The number of carbonyl (C=O) groups excluding carboxylic acids is 3. The van der Waals surface area contributed by atoms with E-state index < -0.39 is 27.4 Å². The fourth-order valence-corrected chi connectivity index (χ4v) is 6.36. The van der Waals surface area contributed by atoms with Crippen molar-refractivity contribution in [1.29, 1.82) is 0 Å². The first-order valence-electron chi connectivity index (χ1n) is 12.3. The van der Waals surface area contributed by atoms with E-state index in [4.69, 9.17) is 4.74 Å². The van der Waals surface area contributed by atoms with Crippen LogP contribution in [0.3, 0.4) is 0 Å². The fourth-order valence-electron chi connectivity index (χ4n) is 5.17. The minimum Gasteiger partial charge on any atom is -0.380 e. The predicted molar refractivity (Wildman–Crippen MR) is 139 cm³/mol. The molecule has 2 fully saturated rings. The Labute approximate surface area is 212 Å². The van der Waals surface area contributed by atoms with Crippen molar-refractivity contribution in [2.75, 3.05) is 27.0 Å². The zero-order valence-electron chi connectivity index (χ0n) is 21.6. The Hall–Kier alpha value is -1.19. The number of sulfonamides is 1. The Kier molecular flexibility index (Phi) is 11.0. The minimum absolute atomic E-state index is 0.00382. The highest BCUT2D eigenvalue weighted by Gasteiger charge is 2.61. The maximum Gasteiger partial charge on any atom is 0.240 e. The smallest absolute Gasteiger partial charge is 0.240 e. The number of likely N-dealkylation sites (N-methyl/N-ethyl adjacent to an activating group) is 1. The van der Waals surface area contributed by atoms with Crippen LogP contribution in [-0.2, 0) is 29.1 Å². The van der Waals surface area contributed by atoms with Gasteiger partial charge >= 0.3 is 0 Å². The molecule has 1 saturated heterocycles. The van der Waals surface area contributed by atoms with E-state index in [1.807, 2.05) is 23.7 Å². The third-order valence-electron chi connectivity index (χ3n) is 7.39. The zero-order valence-corrected chi connectivity index (χ0v) is 23.6. The summed E-state index contributed by atoms with van der Waals surface area (Å²) in [6.45, 7) is 4.16. The van der Waals surface area contributed by atoms with Gasteiger partial charge in [-0.3, -0.25) is 23.8 Å². The molecule has 1 heterocycles. The van der Waals surface area contributed by atoms with Crippen LogP contribution in [0.5, 0.6) is 0 Å². The van der Waals surface area contributed by atoms with Crippen LogP contribution in [0.2, 0.25) is 0 Å². The normalized spacial score (nSPS) is 29.9. The Balaban J connectivity index is 1.97. The van der Waals surface area contributed by atoms with Crippen molar-refractivity contribution < 1.29 is 27.5 Å². The summed E-state index contributed by atoms with van der Waals surface area (Å²) in [7, 11) is 2.26. The molecule has 1 saturated carbocycles. The molecule has 0 radical (unpaired) electrons. The maximum atomic E-state index is 13.3. The van der Waals surface area contributed by atoms with Crippen molar-refractivity contribution in [3.8, 4) is 0 Å². The average molecular weight is 532 g/mol. The third kappa shape index (κ3) is 8.15. The second kappa shape index (κ2) is 12.9. The number of hydrogen-bond acceptors (Lipinski definition) is 8. The van der Waals surface area contributed by atoms with Gasteiger partial charge in [0.15, 0.2) is 5.78 Å². The number of allylic oxidation sites excluding steroid dienone is 2. The number of hydrogen-bond donors (Lipinski definition) is 2. The monoisotopic (exact) mass is 531 g/mol. The number of ketones is 2. The third-order valence-corrected chi connectivity index (χ3v) is 8.48. The van der Waals surface area contributed by atoms with Crippen LogP contribution in [0, 0.1) is 17.3 Å². The quantitative estimate of drug-likeness (QED) is 0.187. The number of unbranched alkanes of at least 4 members (excludes halogenated alkanes) is 3. The molecule has 1 amide bonds. The average Bonchev–Trinajstić information content (AvgIpc) is 3.37. The lowest BCUT2D eigenvalue weighted by Gasteiger charge is -2.24. The molecule has 9 nitrogen and oxygen atoms in total. The van der Waals surface area contributed by atoms with Crippen molar-refractivity contribution in [2.24, 2.45) is 17.3 Å². The van der Waals surface area contributed by atoms with E-state index in [2.05, 4.69) is 19.4 Å². The second-order valence-corrected chi connectivity index (χ2v) is 12.5. The molecule has 35 heavy (non-hydrogen) atoms. The maximum absolute atomic E-state index is 13.3. The van der Waals surface area contributed by atoms with Crippen LogP contribution >= 0.6 is 9.39 Å². The van der Waals surface area contributed by atoms with Crippen LogP contribution in [-0.4, -0.2) is 75.7 Å². The van der Waals surface area contributed by atoms with E-state index in [0.29, 0.717) is 13.0 Å². The van der Waals surface area contributed by atoms with Gasteiger partial charge < -0.3 is 10.1 Å². The van der Waals surface area contributed by atoms with Gasteiger partial charge in [0.05, 0.1) is 29.9 Å². The summed E-state index contributed by atoms with van der Waals surface area (Å²) >= 11 is 0. The Bertz CT molecular complexity index is 911. The summed E-state index contributed by atoms with van der Waals surface area (Å²) in [5.41, 5.74) is -1.03. The number of Topliss-reactive ketones (excluding diaryl/α,β-unsaturated/α-hetero) is 2. The molecule has 0 aromatic heterocycles. The largest absolute Gasteiger partial charge is 0.380 e. The molecule has 0 bridgehead atoms. The molecule has 7 atom stereocenters. The highest BCUT2D eigenvalue weighted by Crippen LogP contribution is 2.57. The Morgan fingerprint density at radius 3 is 2.49 bits per heavy atom. The van der Waals surface area contributed by atoms with Crippen molar-refractivity contribution >= 4 is 36.9 Å². The van der Waals surface area contributed by atoms with E-state index in [1.54, 1.807) is 21.1 Å². The van der Waals surface area contributed by atoms with Gasteiger partial charge in [-0.15, -0.1) is 0 Å². The van der Waals surface area contributed by atoms with Gasteiger partial charge in [0, 0.05) is 26.0 Å². The van der Waals surface area contributed by atoms with Gasteiger partial charge in [0.2, 0.25) is 15.9 Å². The highest BCUT2D eigenvalue weighted by atomic mass is 32.2. The first-order chi connectivity index (χ1) is 16.4. The first-order valence-corrected chi connectivity index (χ1v) is 14.7. The van der Waals surface area contributed by atoms with Gasteiger partial charge in [-0.1, -0.05) is 41.3 Å². The summed E-state index contributed by atoms with van der Waals surface area (Å²) in [5.74, 6) is -0.731. The summed E-state index contributed by atoms with van der Waals surface area (Å²) < 4.78 is 32.9. The molecule has 1 aliphatic heterocycles. The zero-order chi connectivity index (χ0) is 26.4. The van der Waals surface area contributed by atoms with Crippen molar-refractivity contribution in [2.45, 2.75) is 77.0 Å². The Morgan fingerprint density at radius 1 is 1.26 bits per heavy atom. The van der Waals surface area contributed by atoms with E-state index in [0.717, 1.165) is 38.4 Å². The van der Waals surface area contributed by atoms with Gasteiger partial charge in [0.25, 0.3) is 0 Å². The summed E-state index contributed by atoms with van der Waals surface area (Å²) in [6, 6.07) is -0.489. The van der Waals surface area contributed by atoms with Crippen LogP contribution in [0.4, 0.5) is 0 Å². The second-order valence-electron chi connectivity index (χ2n) is 10.1. The number of nitrogens with one attached hydrogen (secondary N) is 2. The van der Waals surface area contributed by atoms with E-state index in [1.165, 1.54) is 0 Å². The molecular formula is C24H42N3O6PS. The molecule has 2 N–H and O–H groups in total. The molecular weight excluding hydrogens is 489 g/mol. The van der Waals surface area contributed by atoms with Gasteiger partial charge in [0.1, 0.15) is 5.78 Å². The number of ether oxygens (including phenoxy) is 1. The molecule has 1 aliphatic carbocycles. The minimum atomic E-state index is -3.73. The van der Waals surface area contributed by atoms with Crippen molar-refractivity contribution in [3.63, 3.8) is 0 Å². The molecule has 2 rings (SSSR count). The fraction of sp³-hybridized carbons (Fsp3) is 0.792. The van der Waals surface area contributed by atoms with E-state index in [9.17, 15) is 22.8 Å². The SMILES string of the molecule is CN[C@@H](CCCCC/C=C\[C@@H]1C[C@]1(CC(=O)[C@@H]1C(C)[C@@H](OC)CN1P)C(=O)NS(C)(=O)=O)C(C)=O. The number of nitrogens with zero attached hydrogens (tertiary/aromatic N) is 1. The first kappa shape index (κ1) is 30.0. The van der Waals surface area contributed by atoms with Gasteiger partial charge in [-0.05, 0) is 45.6 Å².